The second kappa shape index (κ2) is 8.98. The van der Waals surface area contributed by atoms with Gasteiger partial charge in [-0.15, -0.1) is 0 Å². The largest absolute Gasteiger partial charge is 0.486 e. The first kappa shape index (κ1) is 23.3. The number of rotatable bonds is 6. The van der Waals surface area contributed by atoms with Crippen molar-refractivity contribution in [3.8, 4) is 16.9 Å². The quantitative estimate of drug-likeness (QED) is 0.290. The first-order valence-electron chi connectivity index (χ1n) is 11.5. The number of carbonyl (C=O) groups is 1. The molecule has 8 heteroatoms. The lowest BCUT2D eigenvalue weighted by Crippen LogP contribution is -2.09. The molecule has 3 atom stereocenters. The molecule has 4 nitrogen and oxygen atoms in total. The minimum absolute atomic E-state index is 0.0191. The Labute approximate surface area is 199 Å². The predicted octanol–water partition coefficient (Wildman–Crippen LogP) is 6.64. The van der Waals surface area contributed by atoms with Gasteiger partial charge in [0.15, 0.2) is 0 Å². The summed E-state index contributed by atoms with van der Waals surface area (Å²) >= 11 is 0. The number of pyridine rings is 1. The molecule has 0 N–H and O–H groups in total. The van der Waals surface area contributed by atoms with Crippen molar-refractivity contribution in [2.45, 2.75) is 44.4 Å². The van der Waals surface area contributed by atoms with E-state index < -0.39 is 23.7 Å². The van der Waals surface area contributed by atoms with Crippen LogP contribution < -0.4 is 4.74 Å². The molecule has 2 aromatic carbocycles. The van der Waals surface area contributed by atoms with Gasteiger partial charge in [-0.1, -0.05) is 18.2 Å². The van der Waals surface area contributed by atoms with Crippen LogP contribution >= 0.6 is 0 Å². The highest BCUT2D eigenvalue weighted by Crippen LogP contribution is 2.49. The lowest BCUT2D eigenvalue weighted by atomic mass is 9.94. The van der Waals surface area contributed by atoms with Crippen molar-refractivity contribution in [3.05, 3.63) is 82.9 Å². The normalized spacial score (nSPS) is 20.9. The minimum atomic E-state index is -4.57. The van der Waals surface area contributed by atoms with Gasteiger partial charge in [0.05, 0.1) is 18.1 Å². The van der Waals surface area contributed by atoms with Crippen LogP contribution in [0.2, 0.25) is 0 Å². The number of esters is 1. The number of hydrogen-bond acceptors (Lipinski definition) is 4. The fourth-order valence-electron chi connectivity index (χ4n) is 4.93. The summed E-state index contributed by atoms with van der Waals surface area (Å²) in [4.78, 5) is 15.5. The van der Waals surface area contributed by atoms with Crippen molar-refractivity contribution in [1.29, 1.82) is 0 Å². The highest BCUT2D eigenvalue weighted by Gasteiger charge is 2.45. The molecular weight excluding hydrogens is 462 g/mol. The van der Waals surface area contributed by atoms with Gasteiger partial charge in [0, 0.05) is 18.0 Å². The zero-order valence-corrected chi connectivity index (χ0v) is 18.9. The molecule has 1 aromatic heterocycles. The predicted molar refractivity (Wildman–Crippen MR) is 120 cm³/mol. The fraction of sp³-hybridized carbons (Fsp3) is 0.333. The van der Waals surface area contributed by atoms with Crippen LogP contribution in [0.4, 0.5) is 17.6 Å². The van der Waals surface area contributed by atoms with E-state index in [9.17, 15) is 22.4 Å². The smallest absolute Gasteiger partial charge is 0.418 e. The van der Waals surface area contributed by atoms with E-state index in [0.29, 0.717) is 41.9 Å². The molecule has 0 aliphatic heterocycles. The van der Waals surface area contributed by atoms with Gasteiger partial charge in [-0.05, 0) is 78.6 Å². The number of carbonyl (C=O) groups excluding carboxylic acids is 1. The minimum Gasteiger partial charge on any atom is -0.486 e. The number of halogens is 4. The molecule has 0 amide bonds. The molecule has 182 valence electrons. The summed E-state index contributed by atoms with van der Waals surface area (Å²) < 4.78 is 66.7. The second-order valence-electron chi connectivity index (χ2n) is 8.82. The number of benzene rings is 2. The summed E-state index contributed by atoms with van der Waals surface area (Å²) in [6, 6.07) is 11.2. The van der Waals surface area contributed by atoms with Gasteiger partial charge in [-0.25, -0.2) is 4.39 Å². The van der Waals surface area contributed by atoms with Gasteiger partial charge < -0.3 is 9.47 Å². The monoisotopic (exact) mass is 485 g/mol. The standard InChI is InChI=1S/C27H23F4NO3/c1-2-34-26(33)21-13-20(21)15-3-5-16(6-4-15)35-24-10-8-19-17(7-9-23(28)25(19)24)18-11-12-32-14-22(18)27(29,30)31/h3-7,9,11-12,14,20-21,24H,2,8,10,13H2,1H3/t20-,21+,24-/m1/s1. The van der Waals surface area contributed by atoms with E-state index in [2.05, 4.69) is 4.98 Å². The number of hydrogen-bond donors (Lipinski definition) is 0. The highest BCUT2D eigenvalue weighted by molar-refractivity contribution is 5.77. The summed E-state index contributed by atoms with van der Waals surface area (Å²) in [5.41, 5.74) is 1.30. The SMILES string of the molecule is CCOC(=O)[C@H]1C[C@@H]1c1ccc(O[C@@H]2CCc3c(-c4ccncc4C(F)(F)F)ccc(F)c32)cc1. The Kier molecular flexibility index (Phi) is 5.99. The van der Waals surface area contributed by atoms with Crippen molar-refractivity contribution in [2.75, 3.05) is 6.61 Å². The number of aromatic nitrogens is 1. The fourth-order valence-corrected chi connectivity index (χ4v) is 4.93. The lowest BCUT2D eigenvalue weighted by Gasteiger charge is -2.18. The van der Waals surface area contributed by atoms with Gasteiger partial charge in [0.2, 0.25) is 0 Å². The molecule has 2 aliphatic carbocycles. The molecule has 35 heavy (non-hydrogen) atoms. The van der Waals surface area contributed by atoms with Crippen LogP contribution in [0.5, 0.6) is 5.75 Å². The van der Waals surface area contributed by atoms with E-state index in [1.807, 2.05) is 12.1 Å². The van der Waals surface area contributed by atoms with E-state index in [-0.39, 0.29) is 23.4 Å². The van der Waals surface area contributed by atoms with E-state index in [1.165, 1.54) is 24.4 Å². The summed E-state index contributed by atoms with van der Waals surface area (Å²) in [5, 5.41) is 0. The Hall–Kier alpha value is -3.42. The van der Waals surface area contributed by atoms with Crippen LogP contribution in [-0.2, 0) is 22.1 Å². The van der Waals surface area contributed by atoms with Crippen LogP contribution in [0.1, 0.15) is 54.0 Å². The first-order valence-corrected chi connectivity index (χ1v) is 11.5. The molecule has 1 fully saturated rings. The molecular formula is C27H23F4NO3. The molecule has 3 aromatic rings. The topological polar surface area (TPSA) is 48.4 Å². The Balaban J connectivity index is 1.37. The van der Waals surface area contributed by atoms with Crippen LogP contribution in [0.25, 0.3) is 11.1 Å². The van der Waals surface area contributed by atoms with Crippen molar-refractivity contribution < 1.29 is 31.8 Å². The molecule has 1 saturated carbocycles. The second-order valence-corrected chi connectivity index (χ2v) is 8.82. The maximum atomic E-state index is 14.9. The van der Waals surface area contributed by atoms with Crippen molar-refractivity contribution in [1.82, 2.24) is 4.98 Å². The molecule has 0 radical (unpaired) electrons. The van der Waals surface area contributed by atoms with Crippen molar-refractivity contribution >= 4 is 5.97 Å². The zero-order chi connectivity index (χ0) is 24.7. The Bertz CT molecular complexity index is 1260. The summed E-state index contributed by atoms with van der Waals surface area (Å²) in [6.45, 7) is 2.13. The third-order valence-electron chi connectivity index (χ3n) is 6.67. The Morgan fingerprint density at radius 2 is 1.86 bits per heavy atom. The van der Waals surface area contributed by atoms with E-state index >= 15 is 0 Å². The molecule has 2 aliphatic rings. The van der Waals surface area contributed by atoms with E-state index in [0.717, 1.165) is 18.2 Å². The number of nitrogens with zero attached hydrogens (tertiary/aromatic N) is 1. The lowest BCUT2D eigenvalue weighted by molar-refractivity contribution is -0.144. The van der Waals surface area contributed by atoms with Crippen molar-refractivity contribution in [2.24, 2.45) is 5.92 Å². The summed E-state index contributed by atoms with van der Waals surface area (Å²) in [5.74, 6) is -0.149. The number of alkyl halides is 3. The summed E-state index contributed by atoms with van der Waals surface area (Å²) in [7, 11) is 0. The highest BCUT2D eigenvalue weighted by atomic mass is 19.4. The van der Waals surface area contributed by atoms with Crippen LogP contribution in [0.3, 0.4) is 0 Å². The molecule has 5 rings (SSSR count). The molecule has 0 bridgehead atoms. The maximum Gasteiger partial charge on any atom is 0.418 e. The molecule has 0 spiro atoms. The van der Waals surface area contributed by atoms with Gasteiger partial charge in [-0.3, -0.25) is 9.78 Å². The number of fused-ring (bicyclic) bond motifs is 1. The summed E-state index contributed by atoms with van der Waals surface area (Å²) in [6.07, 6.45) is -1.49. The van der Waals surface area contributed by atoms with Crippen LogP contribution in [0.15, 0.2) is 54.9 Å². The van der Waals surface area contributed by atoms with Gasteiger partial charge in [0.1, 0.15) is 17.7 Å². The van der Waals surface area contributed by atoms with Crippen LogP contribution in [-0.4, -0.2) is 17.6 Å². The zero-order valence-electron chi connectivity index (χ0n) is 18.9. The molecule has 1 heterocycles. The van der Waals surface area contributed by atoms with E-state index in [1.54, 1.807) is 19.1 Å². The Morgan fingerprint density at radius 3 is 2.57 bits per heavy atom. The first-order chi connectivity index (χ1) is 16.8. The molecule has 0 unspecified atom stereocenters. The maximum absolute atomic E-state index is 14.9. The average Bonchev–Trinajstić information content (AvgIpc) is 3.53. The van der Waals surface area contributed by atoms with Gasteiger partial charge in [0.25, 0.3) is 0 Å². The Morgan fingerprint density at radius 1 is 1.09 bits per heavy atom. The third-order valence-corrected chi connectivity index (χ3v) is 6.67. The van der Waals surface area contributed by atoms with Crippen molar-refractivity contribution in [3.63, 3.8) is 0 Å². The average molecular weight is 485 g/mol. The number of ether oxygens (including phenoxy) is 2. The van der Waals surface area contributed by atoms with Gasteiger partial charge >= 0.3 is 12.1 Å². The third kappa shape index (κ3) is 4.49. The van der Waals surface area contributed by atoms with E-state index in [4.69, 9.17) is 9.47 Å². The van der Waals surface area contributed by atoms with Gasteiger partial charge in [-0.2, -0.15) is 13.2 Å². The molecule has 0 saturated heterocycles. The van der Waals surface area contributed by atoms with Crippen LogP contribution in [0, 0.1) is 11.7 Å².